The lowest BCUT2D eigenvalue weighted by atomic mass is 10.1. The second-order valence-electron chi connectivity index (χ2n) is 7.42. The average molecular weight is 493 g/mol. The smallest absolute Gasteiger partial charge is 0.321 e. The summed E-state index contributed by atoms with van der Waals surface area (Å²) < 4.78 is 40.6. The molecular weight excluding hydrogens is 477 g/mol. The molecule has 0 saturated heterocycles. The highest BCUT2D eigenvalue weighted by Gasteiger charge is 2.30. The molecule has 1 N–H and O–H groups in total. The van der Waals surface area contributed by atoms with Crippen molar-refractivity contribution in [3.63, 3.8) is 0 Å². The van der Waals surface area contributed by atoms with Gasteiger partial charge < -0.3 is 5.32 Å². The normalized spacial score (nSPS) is 11.7. The fourth-order valence-electron chi connectivity index (χ4n) is 3.31. The molecule has 0 spiro atoms. The summed E-state index contributed by atoms with van der Waals surface area (Å²) in [4.78, 5) is 12.8. The molecule has 0 bridgehead atoms. The number of amides is 1. The standard InChI is InChI=1S/C26H16ClF3N4O/c27-21-11-9-17(10-12-21)24-19(16-34(33-24)23-7-2-1-3-8-23)13-18(15-31)25(35)32-22-6-4-5-20(14-22)26(28,29)30/h1-14,16H,(H,32,35)/b18-13-. The van der Waals surface area contributed by atoms with Gasteiger partial charge in [-0.2, -0.15) is 23.5 Å². The van der Waals surface area contributed by atoms with Gasteiger partial charge in [-0.25, -0.2) is 4.68 Å². The fourth-order valence-corrected chi connectivity index (χ4v) is 3.44. The van der Waals surface area contributed by atoms with Gasteiger partial charge in [0.25, 0.3) is 5.91 Å². The number of anilines is 1. The number of benzene rings is 3. The highest BCUT2D eigenvalue weighted by molar-refractivity contribution is 6.30. The van der Waals surface area contributed by atoms with E-state index in [4.69, 9.17) is 11.6 Å². The van der Waals surface area contributed by atoms with Crippen molar-refractivity contribution >= 4 is 29.3 Å². The minimum absolute atomic E-state index is 0.0797. The highest BCUT2D eigenvalue weighted by Crippen LogP contribution is 2.31. The molecule has 0 aliphatic rings. The number of carbonyl (C=O) groups is 1. The summed E-state index contributed by atoms with van der Waals surface area (Å²) in [5, 5.41) is 17.1. The zero-order valence-corrected chi connectivity index (χ0v) is 18.7. The Morgan fingerprint density at radius 1 is 1.03 bits per heavy atom. The van der Waals surface area contributed by atoms with Gasteiger partial charge in [0.05, 0.1) is 16.9 Å². The quantitative estimate of drug-likeness (QED) is 0.247. The van der Waals surface area contributed by atoms with Gasteiger partial charge in [0.1, 0.15) is 11.6 Å². The van der Waals surface area contributed by atoms with Crippen LogP contribution in [0.1, 0.15) is 11.1 Å². The Morgan fingerprint density at radius 3 is 2.40 bits per heavy atom. The SMILES string of the molecule is N#C/C(=C/c1cn(-c2ccccc2)nc1-c1ccc(Cl)cc1)C(=O)Nc1cccc(C(F)(F)F)c1. The molecule has 5 nitrogen and oxygen atoms in total. The van der Waals surface area contributed by atoms with Crippen LogP contribution in [0.25, 0.3) is 23.0 Å². The van der Waals surface area contributed by atoms with Gasteiger partial charge in [0.15, 0.2) is 0 Å². The third-order valence-electron chi connectivity index (χ3n) is 4.99. The van der Waals surface area contributed by atoms with Gasteiger partial charge in [-0.1, -0.05) is 48.0 Å². The van der Waals surface area contributed by atoms with Gasteiger partial charge in [-0.3, -0.25) is 4.79 Å². The Labute approximate surface area is 203 Å². The van der Waals surface area contributed by atoms with E-state index in [1.54, 1.807) is 35.1 Å². The number of hydrogen-bond acceptors (Lipinski definition) is 3. The molecule has 0 atom stereocenters. The molecule has 1 amide bonds. The van der Waals surface area contributed by atoms with E-state index in [0.717, 1.165) is 17.8 Å². The summed E-state index contributed by atoms with van der Waals surface area (Å²) in [7, 11) is 0. The first kappa shape index (κ1) is 23.8. The number of halogens is 4. The Bertz CT molecular complexity index is 1440. The van der Waals surface area contributed by atoms with Crippen LogP contribution >= 0.6 is 11.6 Å². The lowest BCUT2D eigenvalue weighted by Crippen LogP contribution is -2.14. The van der Waals surface area contributed by atoms with E-state index in [0.29, 0.717) is 21.8 Å². The first-order valence-electron chi connectivity index (χ1n) is 10.3. The van der Waals surface area contributed by atoms with Crippen LogP contribution in [0.2, 0.25) is 5.02 Å². The molecule has 4 rings (SSSR count). The van der Waals surface area contributed by atoms with Gasteiger partial charge in [0, 0.05) is 28.0 Å². The van der Waals surface area contributed by atoms with Gasteiger partial charge in [-0.15, -0.1) is 0 Å². The second kappa shape index (κ2) is 9.87. The van der Waals surface area contributed by atoms with Crippen molar-refractivity contribution < 1.29 is 18.0 Å². The lowest BCUT2D eigenvalue weighted by molar-refractivity contribution is -0.137. The van der Waals surface area contributed by atoms with E-state index in [1.807, 2.05) is 36.4 Å². The van der Waals surface area contributed by atoms with Gasteiger partial charge in [0.2, 0.25) is 0 Å². The molecule has 174 valence electrons. The number of nitriles is 1. The Kier molecular flexibility index (Phi) is 6.71. The fraction of sp³-hybridized carbons (Fsp3) is 0.0385. The summed E-state index contributed by atoms with van der Waals surface area (Å²) in [6.07, 6.45) is -1.55. The molecule has 9 heteroatoms. The molecule has 1 aromatic heterocycles. The number of nitrogens with zero attached hydrogens (tertiary/aromatic N) is 3. The molecule has 35 heavy (non-hydrogen) atoms. The van der Waals surface area contributed by atoms with Crippen molar-refractivity contribution in [3.05, 3.63) is 107 Å². The van der Waals surface area contributed by atoms with E-state index in [1.165, 1.54) is 18.2 Å². The molecule has 4 aromatic rings. The summed E-state index contributed by atoms with van der Waals surface area (Å²) >= 11 is 6.00. The summed E-state index contributed by atoms with van der Waals surface area (Å²) in [6, 6.07) is 22.2. The molecule has 0 saturated carbocycles. The Hall–Kier alpha value is -4.35. The predicted molar refractivity (Wildman–Crippen MR) is 128 cm³/mol. The van der Waals surface area contributed by atoms with Crippen molar-refractivity contribution in [3.8, 4) is 23.0 Å². The number of rotatable bonds is 5. The molecule has 0 unspecified atom stereocenters. The zero-order valence-electron chi connectivity index (χ0n) is 17.9. The van der Waals surface area contributed by atoms with Crippen molar-refractivity contribution in [2.75, 3.05) is 5.32 Å². The van der Waals surface area contributed by atoms with Crippen LogP contribution in [-0.2, 0) is 11.0 Å². The van der Waals surface area contributed by atoms with Crippen LogP contribution < -0.4 is 5.32 Å². The highest BCUT2D eigenvalue weighted by atomic mass is 35.5. The number of nitrogens with one attached hydrogen (secondary N) is 1. The third-order valence-corrected chi connectivity index (χ3v) is 5.25. The lowest BCUT2D eigenvalue weighted by Gasteiger charge is -2.09. The maximum atomic E-state index is 13.0. The average Bonchev–Trinajstić information content (AvgIpc) is 3.27. The van der Waals surface area contributed by atoms with Crippen LogP contribution in [0.3, 0.4) is 0 Å². The molecule has 0 fully saturated rings. The molecule has 3 aromatic carbocycles. The summed E-state index contributed by atoms with van der Waals surface area (Å²) in [6.45, 7) is 0. The van der Waals surface area contributed by atoms with E-state index in [9.17, 15) is 23.2 Å². The third kappa shape index (κ3) is 5.60. The monoisotopic (exact) mass is 492 g/mol. The number of carbonyl (C=O) groups excluding carboxylic acids is 1. The predicted octanol–water partition coefficient (Wildman–Crippen LogP) is 6.76. The number of alkyl halides is 3. The van der Waals surface area contributed by atoms with E-state index in [-0.39, 0.29) is 11.3 Å². The van der Waals surface area contributed by atoms with Crippen molar-refractivity contribution in [1.82, 2.24) is 9.78 Å². The molecular formula is C26H16ClF3N4O. The molecule has 0 radical (unpaired) electrons. The van der Waals surface area contributed by atoms with Gasteiger partial charge in [-0.05, 0) is 48.5 Å². The van der Waals surface area contributed by atoms with Crippen molar-refractivity contribution in [2.45, 2.75) is 6.18 Å². The van der Waals surface area contributed by atoms with Crippen LogP contribution in [0, 0.1) is 11.3 Å². The van der Waals surface area contributed by atoms with Crippen molar-refractivity contribution in [1.29, 1.82) is 5.26 Å². The van der Waals surface area contributed by atoms with Crippen molar-refractivity contribution in [2.24, 2.45) is 0 Å². The topological polar surface area (TPSA) is 70.7 Å². The molecule has 0 aliphatic carbocycles. The van der Waals surface area contributed by atoms with E-state index >= 15 is 0 Å². The maximum Gasteiger partial charge on any atom is 0.416 e. The van der Waals surface area contributed by atoms with Gasteiger partial charge >= 0.3 is 6.18 Å². The number of hydrogen-bond donors (Lipinski definition) is 1. The summed E-state index contributed by atoms with van der Waals surface area (Å²) in [5.41, 5.74) is 1.12. The first-order valence-corrected chi connectivity index (χ1v) is 10.6. The first-order chi connectivity index (χ1) is 16.7. The summed E-state index contributed by atoms with van der Waals surface area (Å²) in [5.74, 6) is -0.846. The van der Waals surface area contributed by atoms with Crippen LogP contribution in [-0.4, -0.2) is 15.7 Å². The Balaban J connectivity index is 1.72. The molecule has 1 heterocycles. The molecule has 0 aliphatic heterocycles. The minimum atomic E-state index is -4.56. The van der Waals surface area contributed by atoms with Crippen LogP contribution in [0.4, 0.5) is 18.9 Å². The number of aromatic nitrogens is 2. The van der Waals surface area contributed by atoms with Crippen LogP contribution in [0.5, 0.6) is 0 Å². The zero-order chi connectivity index (χ0) is 25.0. The minimum Gasteiger partial charge on any atom is -0.321 e. The largest absolute Gasteiger partial charge is 0.416 e. The Morgan fingerprint density at radius 2 is 1.74 bits per heavy atom. The van der Waals surface area contributed by atoms with E-state index in [2.05, 4.69) is 10.4 Å². The number of para-hydroxylation sites is 1. The maximum absolute atomic E-state index is 13.0. The van der Waals surface area contributed by atoms with E-state index < -0.39 is 17.6 Å². The van der Waals surface area contributed by atoms with Crippen LogP contribution in [0.15, 0.2) is 90.6 Å². The second-order valence-corrected chi connectivity index (χ2v) is 7.86.